The lowest BCUT2D eigenvalue weighted by molar-refractivity contribution is -0.384. The maximum absolute atomic E-state index is 14.1. The van der Waals surface area contributed by atoms with Crippen molar-refractivity contribution in [1.29, 1.82) is 0 Å². The van der Waals surface area contributed by atoms with Crippen LogP contribution in [0.25, 0.3) is 10.9 Å². The van der Waals surface area contributed by atoms with Gasteiger partial charge in [0, 0.05) is 54.3 Å². The number of hydrogen-bond acceptors (Lipinski definition) is 10. The van der Waals surface area contributed by atoms with Gasteiger partial charge in [0.15, 0.2) is 0 Å². The third-order valence-corrected chi connectivity index (χ3v) is 9.23. The quantitative estimate of drug-likeness (QED) is 0.0333. The number of nitrogens with zero attached hydrogens (tertiary/aromatic N) is 1. The Bertz CT molecular complexity index is 2220. The lowest BCUT2D eigenvalue weighted by Gasteiger charge is -2.27. The highest BCUT2D eigenvalue weighted by atomic mass is 16.6. The van der Waals surface area contributed by atoms with Crippen LogP contribution in [-0.4, -0.2) is 93.0 Å². The standard InChI is InChI=1S/C42H51N9O11/c1-42(2,3)62-41(59)50-33(22-26-24-45-30-14-8-7-13-29(26)30)38(56)47-31(15-9-10-20-44-40(58)46-27-16-18-28(19-17-27)51(60)61)37(55)49-34(23-35(52)53)39(57)48-32(36(43)54)21-25-11-5-4-6-12-25/h4-8,11-14,16-19,24,31-34,45H,9-10,15,20-23H2,1-3H3,(H2,43,54)(H,47,56)(H,48,57)(H,49,55)(H,50,59)(H,52,53)(H2,44,46,58)/t31-,32?,33?,34?/m0/s1. The number of carbonyl (C=O) groups is 7. The van der Waals surface area contributed by atoms with E-state index in [-0.39, 0.29) is 44.3 Å². The number of carboxylic acids is 1. The number of H-pyrrole nitrogens is 1. The van der Waals surface area contributed by atoms with Gasteiger partial charge in [-0.3, -0.25) is 34.1 Å². The first-order valence-corrected chi connectivity index (χ1v) is 19.7. The van der Waals surface area contributed by atoms with Gasteiger partial charge >= 0.3 is 18.1 Å². The molecular formula is C42H51N9O11. The molecule has 0 aliphatic heterocycles. The van der Waals surface area contributed by atoms with E-state index in [1.807, 2.05) is 24.3 Å². The van der Waals surface area contributed by atoms with E-state index >= 15 is 0 Å². The molecule has 4 aromatic rings. The van der Waals surface area contributed by atoms with Gasteiger partial charge in [0.05, 0.1) is 11.3 Å². The van der Waals surface area contributed by atoms with Crippen LogP contribution >= 0.6 is 0 Å². The number of nitrogens with one attached hydrogen (secondary N) is 7. The number of nitrogens with two attached hydrogens (primary N) is 1. The fourth-order valence-electron chi connectivity index (χ4n) is 6.24. The molecule has 7 amide bonds. The number of nitro groups is 1. The van der Waals surface area contributed by atoms with Crippen LogP contribution in [0.5, 0.6) is 0 Å². The van der Waals surface area contributed by atoms with Crippen LogP contribution in [0.3, 0.4) is 0 Å². The van der Waals surface area contributed by atoms with E-state index in [9.17, 15) is 48.8 Å². The minimum atomic E-state index is -1.72. The summed E-state index contributed by atoms with van der Waals surface area (Å²) in [5, 5.41) is 36.7. The SMILES string of the molecule is CC(C)(C)OC(=O)NC(Cc1c[nH]c2ccccc12)C(=O)N[C@@H](CCCCNC(=O)Nc1ccc([N+](=O)[O-])cc1)C(=O)NC(CC(=O)O)C(=O)NC(Cc1ccccc1)C(N)=O. The number of aliphatic carboxylic acids is 1. The van der Waals surface area contributed by atoms with Crippen LogP contribution in [0.1, 0.15) is 57.6 Å². The average Bonchev–Trinajstić information content (AvgIpc) is 3.61. The molecule has 0 saturated heterocycles. The van der Waals surface area contributed by atoms with Crippen molar-refractivity contribution < 1.29 is 48.3 Å². The molecule has 0 radical (unpaired) electrons. The number of ether oxygens (including phenoxy) is 1. The van der Waals surface area contributed by atoms with Crippen molar-refractivity contribution in [3.8, 4) is 0 Å². The number of alkyl carbamates (subject to hydrolysis) is 1. The Balaban J connectivity index is 1.53. The zero-order chi connectivity index (χ0) is 45.4. The van der Waals surface area contributed by atoms with Crippen LogP contribution < -0.4 is 37.6 Å². The van der Waals surface area contributed by atoms with E-state index in [1.165, 1.54) is 24.3 Å². The first kappa shape index (κ1) is 47.2. The fourth-order valence-corrected chi connectivity index (χ4v) is 6.24. The summed E-state index contributed by atoms with van der Waals surface area (Å²) in [4.78, 5) is 105. The predicted octanol–water partition coefficient (Wildman–Crippen LogP) is 3.16. The number of fused-ring (bicyclic) bond motifs is 1. The van der Waals surface area contributed by atoms with Crippen molar-refractivity contribution in [1.82, 2.24) is 31.6 Å². The summed E-state index contributed by atoms with van der Waals surface area (Å²) >= 11 is 0. The smallest absolute Gasteiger partial charge is 0.408 e. The molecule has 20 nitrogen and oxygen atoms in total. The lowest BCUT2D eigenvalue weighted by Crippen LogP contribution is -2.59. The van der Waals surface area contributed by atoms with E-state index in [0.29, 0.717) is 16.8 Å². The number of primary amides is 1. The number of aromatic nitrogens is 1. The average molecular weight is 858 g/mol. The molecule has 20 heteroatoms. The summed E-state index contributed by atoms with van der Waals surface area (Å²) in [6.07, 6.45) is 0.188. The van der Waals surface area contributed by atoms with Crippen LogP contribution in [0.4, 0.5) is 21.0 Å². The van der Waals surface area contributed by atoms with Crippen molar-refractivity contribution in [3.05, 3.63) is 106 Å². The van der Waals surface area contributed by atoms with Gasteiger partial charge in [-0.2, -0.15) is 0 Å². The molecule has 0 saturated carbocycles. The molecule has 1 aromatic heterocycles. The molecule has 0 aliphatic carbocycles. The second-order valence-electron chi connectivity index (χ2n) is 15.3. The fraction of sp³-hybridized carbons (Fsp3) is 0.357. The highest BCUT2D eigenvalue weighted by molar-refractivity contribution is 5.97. The Kier molecular flexibility index (Phi) is 16.9. The molecule has 4 atom stereocenters. The number of rotatable bonds is 21. The van der Waals surface area contributed by atoms with E-state index in [2.05, 4.69) is 36.9 Å². The highest BCUT2D eigenvalue weighted by Crippen LogP contribution is 2.20. The zero-order valence-corrected chi connectivity index (χ0v) is 34.4. The first-order chi connectivity index (χ1) is 29.4. The predicted molar refractivity (Wildman–Crippen MR) is 227 cm³/mol. The molecule has 0 aliphatic rings. The number of benzene rings is 3. The number of nitro benzene ring substituents is 1. The number of hydrogen-bond donors (Lipinski definition) is 9. The lowest BCUT2D eigenvalue weighted by atomic mass is 10.0. The number of carbonyl (C=O) groups excluding carboxylic acids is 6. The largest absolute Gasteiger partial charge is 0.481 e. The monoisotopic (exact) mass is 857 g/mol. The van der Waals surface area contributed by atoms with E-state index in [1.54, 1.807) is 57.3 Å². The summed E-state index contributed by atoms with van der Waals surface area (Å²) in [6, 6.07) is 14.8. The molecular weight excluding hydrogens is 807 g/mol. The molecule has 10 N–H and O–H groups in total. The minimum Gasteiger partial charge on any atom is -0.481 e. The number of amides is 7. The Hall–Kier alpha value is -7.51. The number of aromatic amines is 1. The minimum absolute atomic E-state index is 0.0171. The summed E-state index contributed by atoms with van der Waals surface area (Å²) < 4.78 is 5.43. The van der Waals surface area contributed by atoms with Gasteiger partial charge in [0.1, 0.15) is 29.8 Å². The zero-order valence-electron chi connectivity index (χ0n) is 34.4. The molecule has 0 spiro atoms. The van der Waals surface area contributed by atoms with Crippen LogP contribution in [0.15, 0.2) is 85.1 Å². The van der Waals surface area contributed by atoms with Gasteiger partial charge < -0.3 is 52.5 Å². The van der Waals surface area contributed by atoms with Gasteiger partial charge in [0.25, 0.3) is 5.69 Å². The Morgan fingerprint density at radius 1 is 0.774 bits per heavy atom. The molecule has 0 bridgehead atoms. The van der Waals surface area contributed by atoms with Gasteiger partial charge in [-0.1, -0.05) is 48.5 Å². The number of para-hydroxylation sites is 1. The second kappa shape index (κ2) is 22.2. The number of non-ortho nitro benzene ring substituents is 1. The molecule has 330 valence electrons. The van der Waals surface area contributed by atoms with Crippen LogP contribution in [-0.2, 0) is 41.6 Å². The highest BCUT2D eigenvalue weighted by Gasteiger charge is 2.33. The van der Waals surface area contributed by atoms with Crippen molar-refractivity contribution in [3.63, 3.8) is 0 Å². The van der Waals surface area contributed by atoms with E-state index < -0.39 is 82.8 Å². The summed E-state index contributed by atoms with van der Waals surface area (Å²) in [6.45, 7) is 5.02. The molecule has 1 heterocycles. The van der Waals surface area contributed by atoms with Gasteiger partial charge in [-0.15, -0.1) is 0 Å². The molecule has 3 unspecified atom stereocenters. The van der Waals surface area contributed by atoms with Crippen molar-refractivity contribution in [2.75, 3.05) is 11.9 Å². The maximum atomic E-state index is 14.1. The van der Waals surface area contributed by atoms with Crippen LogP contribution in [0.2, 0.25) is 0 Å². The van der Waals surface area contributed by atoms with Crippen LogP contribution in [0, 0.1) is 10.1 Å². The normalized spacial score (nSPS) is 13.0. The first-order valence-electron chi connectivity index (χ1n) is 19.7. The number of urea groups is 1. The van der Waals surface area contributed by atoms with Gasteiger partial charge in [-0.25, -0.2) is 9.59 Å². The van der Waals surface area contributed by atoms with Gasteiger partial charge in [0.2, 0.25) is 23.6 Å². The number of anilines is 1. The van der Waals surface area contributed by atoms with Gasteiger partial charge in [-0.05, 0) is 69.4 Å². The van der Waals surface area contributed by atoms with E-state index in [4.69, 9.17) is 10.5 Å². The topological polar surface area (TPSA) is 306 Å². The summed E-state index contributed by atoms with van der Waals surface area (Å²) in [7, 11) is 0. The maximum Gasteiger partial charge on any atom is 0.408 e. The molecule has 0 fully saturated rings. The number of unbranched alkanes of at least 4 members (excludes halogenated alkanes) is 1. The van der Waals surface area contributed by atoms with Crippen molar-refractivity contribution >= 4 is 64.0 Å². The molecule has 4 rings (SSSR count). The number of carboxylic acid groups (broad SMARTS) is 1. The third-order valence-electron chi connectivity index (χ3n) is 9.23. The van der Waals surface area contributed by atoms with Crippen molar-refractivity contribution in [2.24, 2.45) is 5.73 Å². The van der Waals surface area contributed by atoms with Crippen molar-refractivity contribution in [2.45, 2.75) is 89.1 Å². The Morgan fingerprint density at radius 3 is 2.03 bits per heavy atom. The van der Waals surface area contributed by atoms with E-state index in [0.717, 1.165) is 10.9 Å². The molecule has 3 aromatic carbocycles. The summed E-state index contributed by atoms with van der Waals surface area (Å²) in [5.41, 5.74) is 6.88. The second-order valence-corrected chi connectivity index (χ2v) is 15.3. The Labute approximate surface area is 356 Å². The Morgan fingerprint density at radius 2 is 1.39 bits per heavy atom. The third kappa shape index (κ3) is 15.3. The molecule has 62 heavy (non-hydrogen) atoms. The summed E-state index contributed by atoms with van der Waals surface area (Å²) in [5.74, 6) is -5.13.